The third kappa shape index (κ3) is 2.76. The summed E-state index contributed by atoms with van der Waals surface area (Å²) in [6, 6.07) is -0.117. The van der Waals surface area contributed by atoms with Crippen molar-refractivity contribution < 1.29 is 4.42 Å². The van der Waals surface area contributed by atoms with Crippen molar-refractivity contribution in [1.29, 1.82) is 0 Å². The molecule has 0 amide bonds. The van der Waals surface area contributed by atoms with Gasteiger partial charge in [-0.05, 0) is 6.92 Å². The highest BCUT2D eigenvalue weighted by atomic mass is 16.4. The maximum absolute atomic E-state index is 5.73. The Morgan fingerprint density at radius 3 is 2.67 bits per heavy atom. The lowest BCUT2D eigenvalue weighted by Gasteiger charge is -2.13. The molecule has 0 aliphatic rings. The Morgan fingerprint density at radius 1 is 1.44 bits per heavy atom. The maximum Gasteiger partial charge on any atom is 0.216 e. The van der Waals surface area contributed by atoms with Crippen LogP contribution >= 0.6 is 0 Å². The summed E-state index contributed by atoms with van der Waals surface area (Å²) in [4.78, 5) is 4.25. The summed E-state index contributed by atoms with van der Waals surface area (Å²) in [7, 11) is 0. The van der Waals surface area contributed by atoms with Gasteiger partial charge >= 0.3 is 0 Å². The molecule has 0 radical (unpaired) electrons. The Morgan fingerprint density at radius 2 is 2.17 bits per heavy atom. The molecule has 0 aliphatic carbocycles. The van der Waals surface area contributed by atoms with E-state index in [1.54, 1.807) is 10.9 Å². The first-order chi connectivity index (χ1) is 8.36. The van der Waals surface area contributed by atoms with E-state index in [0.29, 0.717) is 12.4 Å². The molecule has 2 heterocycles. The molecule has 2 aromatic heterocycles. The quantitative estimate of drug-likeness (QED) is 0.894. The van der Waals surface area contributed by atoms with Crippen LogP contribution in [0.3, 0.4) is 0 Å². The minimum atomic E-state index is -0.117. The molecule has 0 saturated carbocycles. The largest absolute Gasteiger partial charge is 0.443 e. The highest BCUT2D eigenvalue weighted by Crippen LogP contribution is 2.22. The predicted octanol–water partition coefficient (Wildman–Crippen LogP) is 1.63. The molecule has 0 saturated heterocycles. The van der Waals surface area contributed by atoms with E-state index in [1.165, 1.54) is 0 Å². The summed E-state index contributed by atoms with van der Waals surface area (Å²) in [6.45, 7) is 8.59. The average Bonchev–Trinajstić information content (AvgIpc) is 2.85. The summed E-state index contributed by atoms with van der Waals surface area (Å²) in [5, 5.41) is 7.98. The molecular weight excluding hydrogens is 230 g/mol. The third-order valence-corrected chi connectivity index (χ3v) is 2.61. The van der Waals surface area contributed by atoms with E-state index in [0.717, 1.165) is 11.5 Å². The van der Waals surface area contributed by atoms with Crippen LogP contribution in [0.1, 0.15) is 51.1 Å². The van der Waals surface area contributed by atoms with Gasteiger partial charge in [0.25, 0.3) is 0 Å². The lowest BCUT2D eigenvalue weighted by Crippen LogP contribution is -2.09. The van der Waals surface area contributed by atoms with E-state index in [9.17, 15) is 0 Å². The molecule has 6 heteroatoms. The first-order valence-electron chi connectivity index (χ1n) is 5.97. The molecule has 18 heavy (non-hydrogen) atoms. The first-order valence-corrected chi connectivity index (χ1v) is 5.97. The van der Waals surface area contributed by atoms with Crippen molar-refractivity contribution in [1.82, 2.24) is 20.0 Å². The molecule has 1 unspecified atom stereocenters. The van der Waals surface area contributed by atoms with Crippen LogP contribution < -0.4 is 5.73 Å². The van der Waals surface area contributed by atoms with E-state index in [1.807, 2.05) is 13.1 Å². The SMILES string of the molecule is CC(N)c1cn(Cc2ncc(C(C)(C)C)o2)nn1. The smallest absolute Gasteiger partial charge is 0.216 e. The fraction of sp³-hybridized carbons (Fsp3) is 0.583. The van der Waals surface area contributed by atoms with Crippen LogP contribution in [0.2, 0.25) is 0 Å². The standard InChI is InChI=1S/C12H19N5O/c1-8(13)9-6-17(16-15-9)7-11-14-5-10(18-11)12(2,3)4/h5-6,8H,7,13H2,1-4H3. The minimum Gasteiger partial charge on any atom is -0.443 e. The van der Waals surface area contributed by atoms with Crippen LogP contribution in [0.25, 0.3) is 0 Å². The van der Waals surface area contributed by atoms with Gasteiger partial charge in [-0.15, -0.1) is 5.10 Å². The van der Waals surface area contributed by atoms with Gasteiger partial charge in [0.2, 0.25) is 5.89 Å². The zero-order valence-corrected chi connectivity index (χ0v) is 11.2. The monoisotopic (exact) mass is 249 g/mol. The summed E-state index contributed by atoms with van der Waals surface area (Å²) in [5.41, 5.74) is 6.45. The van der Waals surface area contributed by atoms with Gasteiger partial charge in [-0.25, -0.2) is 9.67 Å². The van der Waals surface area contributed by atoms with E-state index in [4.69, 9.17) is 10.2 Å². The lowest BCUT2D eigenvalue weighted by molar-refractivity contribution is 0.371. The Balaban J connectivity index is 2.11. The Labute approximate surface area is 106 Å². The van der Waals surface area contributed by atoms with Crippen molar-refractivity contribution in [2.45, 2.75) is 45.7 Å². The molecular formula is C12H19N5O. The van der Waals surface area contributed by atoms with Crippen molar-refractivity contribution >= 4 is 0 Å². The van der Waals surface area contributed by atoms with Gasteiger partial charge in [-0.2, -0.15) is 0 Å². The minimum absolute atomic E-state index is 0.0372. The number of oxazole rings is 1. The highest BCUT2D eigenvalue weighted by Gasteiger charge is 2.19. The summed E-state index contributed by atoms with van der Waals surface area (Å²) >= 11 is 0. The number of aromatic nitrogens is 4. The van der Waals surface area contributed by atoms with Crippen LogP contribution in [-0.2, 0) is 12.0 Å². The van der Waals surface area contributed by atoms with Crippen LogP contribution in [0.4, 0.5) is 0 Å². The third-order valence-electron chi connectivity index (χ3n) is 2.61. The van der Waals surface area contributed by atoms with Gasteiger partial charge in [0.05, 0.1) is 18.1 Å². The van der Waals surface area contributed by atoms with E-state index < -0.39 is 0 Å². The molecule has 1 atom stereocenters. The predicted molar refractivity (Wildman–Crippen MR) is 66.9 cm³/mol. The van der Waals surface area contributed by atoms with Gasteiger partial charge in [0.1, 0.15) is 12.3 Å². The molecule has 0 spiro atoms. The van der Waals surface area contributed by atoms with Crippen molar-refractivity contribution in [2.24, 2.45) is 5.73 Å². The van der Waals surface area contributed by atoms with Crippen molar-refractivity contribution in [3.8, 4) is 0 Å². The van der Waals surface area contributed by atoms with Gasteiger partial charge < -0.3 is 10.2 Å². The molecule has 0 bridgehead atoms. The second-order valence-corrected chi connectivity index (χ2v) is 5.50. The molecule has 2 N–H and O–H groups in total. The summed E-state index contributed by atoms with van der Waals surface area (Å²) in [6.07, 6.45) is 3.57. The van der Waals surface area contributed by atoms with E-state index in [2.05, 4.69) is 36.1 Å². The fourth-order valence-corrected chi connectivity index (χ4v) is 1.47. The number of nitrogens with zero attached hydrogens (tertiary/aromatic N) is 4. The normalized spacial score (nSPS) is 13.8. The molecule has 2 rings (SSSR count). The molecule has 2 aromatic rings. The van der Waals surface area contributed by atoms with Crippen molar-refractivity contribution in [2.75, 3.05) is 0 Å². The number of rotatable bonds is 3. The van der Waals surface area contributed by atoms with Crippen LogP contribution in [0, 0.1) is 0 Å². The average molecular weight is 249 g/mol. The van der Waals surface area contributed by atoms with Gasteiger partial charge in [0.15, 0.2) is 0 Å². The molecule has 0 aromatic carbocycles. The zero-order valence-electron chi connectivity index (χ0n) is 11.2. The first kappa shape index (κ1) is 12.8. The Bertz CT molecular complexity index is 521. The van der Waals surface area contributed by atoms with E-state index in [-0.39, 0.29) is 11.5 Å². The highest BCUT2D eigenvalue weighted by molar-refractivity contribution is 5.06. The second-order valence-electron chi connectivity index (χ2n) is 5.50. The maximum atomic E-state index is 5.73. The number of hydrogen-bond donors (Lipinski definition) is 1. The van der Waals surface area contributed by atoms with Gasteiger partial charge in [-0.1, -0.05) is 26.0 Å². The van der Waals surface area contributed by atoms with Crippen LogP contribution in [0.15, 0.2) is 16.8 Å². The van der Waals surface area contributed by atoms with E-state index >= 15 is 0 Å². The fourth-order valence-electron chi connectivity index (χ4n) is 1.47. The number of nitrogens with two attached hydrogens (primary N) is 1. The van der Waals surface area contributed by atoms with Crippen molar-refractivity contribution in [3.05, 3.63) is 29.7 Å². The van der Waals surface area contributed by atoms with Crippen molar-refractivity contribution in [3.63, 3.8) is 0 Å². The Kier molecular flexibility index (Phi) is 3.21. The van der Waals surface area contributed by atoms with Crippen LogP contribution in [-0.4, -0.2) is 20.0 Å². The topological polar surface area (TPSA) is 82.8 Å². The zero-order chi connectivity index (χ0) is 13.3. The van der Waals surface area contributed by atoms with Gasteiger partial charge in [-0.3, -0.25) is 0 Å². The molecule has 6 nitrogen and oxygen atoms in total. The summed E-state index contributed by atoms with van der Waals surface area (Å²) in [5.74, 6) is 1.49. The lowest BCUT2D eigenvalue weighted by atomic mass is 9.94. The second kappa shape index (κ2) is 4.53. The molecule has 98 valence electrons. The van der Waals surface area contributed by atoms with Crippen LogP contribution in [0.5, 0.6) is 0 Å². The molecule has 0 aliphatic heterocycles. The summed E-state index contributed by atoms with van der Waals surface area (Å²) < 4.78 is 7.37. The Hall–Kier alpha value is -1.69. The molecule has 0 fully saturated rings. The van der Waals surface area contributed by atoms with Gasteiger partial charge in [0, 0.05) is 11.5 Å². The number of hydrogen-bond acceptors (Lipinski definition) is 5.